The van der Waals surface area contributed by atoms with Crippen LogP contribution >= 0.6 is 0 Å². The van der Waals surface area contributed by atoms with Crippen LogP contribution in [0.4, 0.5) is 0 Å². The molecule has 0 heterocycles. The molecule has 0 bridgehead atoms. The number of hydrogen-bond acceptors (Lipinski definition) is 15. The van der Waals surface area contributed by atoms with Crippen LogP contribution in [0.1, 0.15) is 101 Å². The molecule has 9 atom stereocenters. The summed E-state index contributed by atoms with van der Waals surface area (Å²) in [6.45, 7) is 30.7. The van der Waals surface area contributed by atoms with Gasteiger partial charge in [0.1, 0.15) is 24.7 Å². The van der Waals surface area contributed by atoms with Crippen LogP contribution in [0, 0.1) is 0 Å². The van der Waals surface area contributed by atoms with Crippen molar-refractivity contribution in [2.75, 3.05) is 26.4 Å². The van der Waals surface area contributed by atoms with Crippen molar-refractivity contribution in [3.8, 4) is 11.5 Å². The summed E-state index contributed by atoms with van der Waals surface area (Å²) in [5, 5.41) is 0. The highest BCUT2D eigenvalue weighted by Gasteiger charge is 2.24. The number of rotatable bonds is 30. The molecule has 60 heavy (non-hydrogen) atoms. The number of benzene rings is 2. The van der Waals surface area contributed by atoms with Crippen molar-refractivity contribution in [3.05, 3.63) is 84.0 Å². The fourth-order valence-corrected chi connectivity index (χ4v) is 5.58. The standard InChI is InChI=1S/C45H68O15/c1-28(2)43(46)50-26-24-48-30(5)52-32(7)54-33(8)55-34(9)56-35(10)57-36(11)58-38(13)60-42-22-18-40(19-23-42)45(14,15)39-16-20-41(21-17-39)59-37(12)53-31(6)49-25-27-51-44(47)29(3)4/h16-23,30-38H,1,3,24-27H2,2,4-15H3. The number of hydrogen-bond donors (Lipinski definition) is 0. The molecule has 0 aliphatic heterocycles. The van der Waals surface area contributed by atoms with Gasteiger partial charge in [0.05, 0.1) is 13.2 Å². The Labute approximate surface area is 356 Å². The Kier molecular flexibility index (Phi) is 23.0. The summed E-state index contributed by atoms with van der Waals surface area (Å²) in [7, 11) is 0. The molecule has 0 aliphatic carbocycles. The molecule has 0 radical (unpaired) electrons. The van der Waals surface area contributed by atoms with Gasteiger partial charge >= 0.3 is 11.9 Å². The van der Waals surface area contributed by atoms with E-state index >= 15 is 0 Å². The highest BCUT2D eigenvalue weighted by Crippen LogP contribution is 2.34. The van der Waals surface area contributed by atoms with Crippen LogP contribution < -0.4 is 9.47 Å². The minimum atomic E-state index is -0.675. The molecular weight excluding hydrogens is 780 g/mol. The number of carbonyl (C=O) groups is 2. The smallest absolute Gasteiger partial charge is 0.333 e. The average Bonchev–Trinajstić information content (AvgIpc) is 3.14. The predicted molar refractivity (Wildman–Crippen MR) is 222 cm³/mol. The SMILES string of the molecule is C=C(C)C(=O)OCCOC(C)OC(C)Oc1ccc(C(C)(C)c2ccc(OC(C)OC(C)OC(C)OC(C)OC(C)OC(C)OC(C)OCCOC(=O)C(=C)C)cc2)cc1. The highest BCUT2D eigenvalue weighted by atomic mass is 16.9. The first-order valence-corrected chi connectivity index (χ1v) is 20.2. The normalized spacial score (nSPS) is 16.3. The molecule has 0 spiro atoms. The fraction of sp³-hybridized carbons (Fsp3) is 0.600. The highest BCUT2D eigenvalue weighted by molar-refractivity contribution is 5.87. The Morgan fingerprint density at radius 2 is 0.717 bits per heavy atom. The second-order valence-corrected chi connectivity index (χ2v) is 14.5. The fourth-order valence-electron chi connectivity index (χ4n) is 5.58. The number of carbonyl (C=O) groups excluding carboxylic acids is 2. The minimum Gasteiger partial charge on any atom is -0.465 e. The molecule has 15 heteroatoms. The summed E-state index contributed by atoms with van der Waals surface area (Å²) in [5.41, 5.74) is 2.53. The maximum Gasteiger partial charge on any atom is 0.333 e. The summed E-state index contributed by atoms with van der Waals surface area (Å²) in [6.07, 6.45) is -5.69. The van der Waals surface area contributed by atoms with Crippen LogP contribution in [0.3, 0.4) is 0 Å². The third kappa shape index (κ3) is 20.6. The van der Waals surface area contributed by atoms with Crippen LogP contribution in [0.25, 0.3) is 0 Å². The molecular formula is C45H68O15. The summed E-state index contributed by atoms with van der Waals surface area (Å²) in [6, 6.07) is 15.7. The molecule has 2 aromatic rings. The third-order valence-electron chi connectivity index (χ3n) is 8.47. The van der Waals surface area contributed by atoms with E-state index in [1.165, 1.54) is 0 Å². The Hall–Kier alpha value is -3.90. The van der Waals surface area contributed by atoms with Crippen molar-refractivity contribution in [3.63, 3.8) is 0 Å². The zero-order chi connectivity index (χ0) is 45.0. The van der Waals surface area contributed by atoms with E-state index in [9.17, 15) is 9.59 Å². The van der Waals surface area contributed by atoms with Crippen molar-refractivity contribution in [2.24, 2.45) is 0 Å². The van der Waals surface area contributed by atoms with Crippen LogP contribution in [0.2, 0.25) is 0 Å². The van der Waals surface area contributed by atoms with Gasteiger partial charge in [0.25, 0.3) is 0 Å². The van der Waals surface area contributed by atoms with Gasteiger partial charge in [0.2, 0.25) is 0 Å². The summed E-state index contributed by atoms with van der Waals surface area (Å²) < 4.78 is 73.5. The maximum atomic E-state index is 11.5. The first-order chi connectivity index (χ1) is 28.2. The zero-order valence-corrected chi connectivity index (χ0v) is 37.7. The third-order valence-corrected chi connectivity index (χ3v) is 8.47. The van der Waals surface area contributed by atoms with Crippen molar-refractivity contribution in [1.29, 1.82) is 0 Å². The summed E-state index contributed by atoms with van der Waals surface area (Å²) in [5.74, 6) is 0.362. The van der Waals surface area contributed by atoms with Gasteiger partial charge < -0.3 is 61.6 Å². The minimum absolute atomic E-state index is 0.0829. The van der Waals surface area contributed by atoms with Crippen molar-refractivity contribution in [2.45, 2.75) is 152 Å². The van der Waals surface area contributed by atoms with Crippen LogP contribution in [0.5, 0.6) is 11.5 Å². The second-order valence-electron chi connectivity index (χ2n) is 14.5. The largest absolute Gasteiger partial charge is 0.465 e. The van der Waals surface area contributed by atoms with Gasteiger partial charge in [-0.2, -0.15) is 0 Å². The van der Waals surface area contributed by atoms with E-state index in [4.69, 9.17) is 61.6 Å². The lowest BCUT2D eigenvalue weighted by Gasteiger charge is -2.28. The molecule has 0 saturated heterocycles. The van der Waals surface area contributed by atoms with Gasteiger partial charge in [-0.15, -0.1) is 0 Å². The summed E-state index contributed by atoms with van der Waals surface area (Å²) in [4.78, 5) is 22.9. The van der Waals surface area contributed by atoms with Gasteiger partial charge in [-0.3, -0.25) is 0 Å². The zero-order valence-electron chi connectivity index (χ0n) is 37.7. The van der Waals surface area contributed by atoms with Crippen molar-refractivity contribution >= 4 is 11.9 Å². The van der Waals surface area contributed by atoms with E-state index in [1.54, 1.807) is 76.2 Å². The van der Waals surface area contributed by atoms with Crippen LogP contribution in [-0.4, -0.2) is 95.0 Å². The molecule has 0 saturated carbocycles. The molecule has 0 aliphatic rings. The number of esters is 2. The van der Waals surface area contributed by atoms with E-state index in [2.05, 4.69) is 27.0 Å². The lowest BCUT2D eigenvalue weighted by molar-refractivity contribution is -0.337. The Balaban J connectivity index is 1.73. The monoisotopic (exact) mass is 848 g/mol. The molecule has 338 valence electrons. The molecule has 0 fully saturated rings. The average molecular weight is 849 g/mol. The van der Waals surface area contributed by atoms with Gasteiger partial charge in [0.15, 0.2) is 56.6 Å². The first kappa shape index (κ1) is 52.2. The lowest BCUT2D eigenvalue weighted by atomic mass is 9.78. The molecule has 0 amide bonds. The quantitative estimate of drug-likeness (QED) is 0.0320. The van der Waals surface area contributed by atoms with E-state index < -0.39 is 68.5 Å². The molecule has 2 aromatic carbocycles. The maximum absolute atomic E-state index is 11.5. The number of ether oxygens (including phenoxy) is 13. The molecule has 15 nitrogen and oxygen atoms in total. The molecule has 0 aromatic heterocycles. The summed E-state index contributed by atoms with van der Waals surface area (Å²) >= 11 is 0. The van der Waals surface area contributed by atoms with E-state index in [0.29, 0.717) is 22.6 Å². The van der Waals surface area contributed by atoms with Gasteiger partial charge in [0, 0.05) is 16.6 Å². The van der Waals surface area contributed by atoms with Gasteiger partial charge in [-0.1, -0.05) is 51.3 Å². The molecule has 0 N–H and O–H groups in total. The van der Waals surface area contributed by atoms with Gasteiger partial charge in [-0.25, -0.2) is 9.59 Å². The van der Waals surface area contributed by atoms with Crippen LogP contribution in [-0.2, 0) is 67.1 Å². The van der Waals surface area contributed by atoms with Crippen molar-refractivity contribution < 1.29 is 71.2 Å². The van der Waals surface area contributed by atoms with Crippen LogP contribution in [0.15, 0.2) is 72.8 Å². The first-order valence-electron chi connectivity index (χ1n) is 20.2. The van der Waals surface area contributed by atoms with E-state index in [0.717, 1.165) is 11.1 Å². The van der Waals surface area contributed by atoms with Gasteiger partial charge in [-0.05, 0) is 112 Å². The molecule has 9 unspecified atom stereocenters. The predicted octanol–water partition coefficient (Wildman–Crippen LogP) is 8.27. The lowest BCUT2D eigenvalue weighted by Crippen LogP contribution is -2.33. The van der Waals surface area contributed by atoms with E-state index in [1.807, 2.05) is 48.5 Å². The van der Waals surface area contributed by atoms with Crippen molar-refractivity contribution in [1.82, 2.24) is 0 Å². The second kappa shape index (κ2) is 26.4. The molecule has 2 rings (SSSR count). The Morgan fingerprint density at radius 3 is 1.02 bits per heavy atom. The Morgan fingerprint density at radius 1 is 0.450 bits per heavy atom. The Bertz CT molecular complexity index is 1580. The van der Waals surface area contributed by atoms with E-state index in [-0.39, 0.29) is 31.8 Å². The topological polar surface area (TPSA) is 154 Å².